The summed E-state index contributed by atoms with van der Waals surface area (Å²) < 4.78 is 39.3. The fraction of sp³-hybridized carbons (Fsp3) is 0.350. The lowest BCUT2D eigenvalue weighted by Crippen LogP contribution is -2.39. The number of nitrogens with zero attached hydrogens (tertiary/aromatic N) is 1. The summed E-state index contributed by atoms with van der Waals surface area (Å²) in [4.78, 5) is 14.1. The third-order valence-electron chi connectivity index (χ3n) is 4.65. The maximum atomic E-state index is 12.9. The predicted molar refractivity (Wildman–Crippen MR) is 108 cm³/mol. The molecule has 0 saturated carbocycles. The first-order chi connectivity index (χ1) is 13.0. The second-order valence-electron chi connectivity index (χ2n) is 7.48. The molecule has 0 radical (unpaired) electrons. The lowest BCUT2D eigenvalue weighted by atomic mass is 9.93. The van der Waals surface area contributed by atoms with Gasteiger partial charge in [0.1, 0.15) is 23.0 Å². The topological polar surface area (TPSA) is 84.9 Å². The largest absolute Gasteiger partial charge is 0.495 e. The van der Waals surface area contributed by atoms with Crippen LogP contribution in [0.25, 0.3) is 0 Å². The van der Waals surface area contributed by atoms with Crippen molar-refractivity contribution >= 4 is 27.3 Å². The van der Waals surface area contributed by atoms with Gasteiger partial charge in [0.25, 0.3) is 10.0 Å². The van der Waals surface area contributed by atoms with E-state index in [4.69, 9.17) is 9.47 Å². The van der Waals surface area contributed by atoms with Crippen molar-refractivity contribution in [3.05, 3.63) is 42.0 Å². The summed E-state index contributed by atoms with van der Waals surface area (Å²) >= 11 is 0. The van der Waals surface area contributed by atoms with Crippen molar-refractivity contribution in [3.63, 3.8) is 0 Å². The first-order valence-electron chi connectivity index (χ1n) is 8.77. The third kappa shape index (κ3) is 3.64. The number of ether oxygens (including phenoxy) is 2. The van der Waals surface area contributed by atoms with E-state index in [1.807, 2.05) is 20.8 Å². The standard InChI is InChI=1S/C20H24N2O5S/c1-13-6-9-16(26-5)18(10-13)28(24,25)21-14-7-8-15-17(11-14)27-12-20(2,3)19(23)22(15)4/h6-11,21H,12H2,1-5H3. The Morgan fingerprint density at radius 2 is 1.89 bits per heavy atom. The Hall–Kier alpha value is -2.74. The van der Waals surface area contributed by atoms with Crippen LogP contribution >= 0.6 is 0 Å². The summed E-state index contributed by atoms with van der Waals surface area (Å²) in [5.41, 5.74) is 1.05. The van der Waals surface area contributed by atoms with Gasteiger partial charge in [0.05, 0.1) is 23.9 Å². The molecule has 150 valence electrons. The van der Waals surface area contributed by atoms with Crippen LogP contribution in [0.4, 0.5) is 11.4 Å². The molecular formula is C20H24N2O5S. The van der Waals surface area contributed by atoms with Crippen LogP contribution in [-0.4, -0.2) is 35.1 Å². The fourth-order valence-electron chi connectivity index (χ4n) is 3.06. The molecule has 1 heterocycles. The highest BCUT2D eigenvalue weighted by Crippen LogP contribution is 2.38. The quantitative estimate of drug-likeness (QED) is 0.846. The average molecular weight is 404 g/mol. The molecule has 2 aromatic rings. The summed E-state index contributed by atoms with van der Waals surface area (Å²) in [5, 5.41) is 0. The smallest absolute Gasteiger partial charge is 0.265 e. The highest BCUT2D eigenvalue weighted by Gasteiger charge is 2.36. The Kier molecular flexibility index (Phi) is 5.01. The molecule has 1 aliphatic heterocycles. The molecule has 2 aromatic carbocycles. The number of methoxy groups -OCH3 is 1. The monoisotopic (exact) mass is 404 g/mol. The molecule has 7 nitrogen and oxygen atoms in total. The predicted octanol–water partition coefficient (Wildman–Crippen LogP) is 3.19. The molecule has 8 heteroatoms. The number of hydrogen-bond donors (Lipinski definition) is 1. The van der Waals surface area contributed by atoms with Crippen molar-refractivity contribution in [2.24, 2.45) is 5.41 Å². The molecule has 0 fully saturated rings. The van der Waals surface area contributed by atoms with E-state index in [-0.39, 0.29) is 23.2 Å². The zero-order valence-corrected chi connectivity index (χ0v) is 17.4. The average Bonchev–Trinajstić information content (AvgIpc) is 2.72. The van der Waals surface area contributed by atoms with E-state index >= 15 is 0 Å². The van der Waals surface area contributed by atoms with Gasteiger partial charge in [0.15, 0.2) is 0 Å². The molecule has 0 aliphatic carbocycles. The van der Waals surface area contributed by atoms with Crippen LogP contribution in [-0.2, 0) is 14.8 Å². The van der Waals surface area contributed by atoms with E-state index in [0.29, 0.717) is 17.1 Å². The van der Waals surface area contributed by atoms with Gasteiger partial charge < -0.3 is 14.4 Å². The third-order valence-corrected chi connectivity index (χ3v) is 6.06. The number of amides is 1. The minimum atomic E-state index is -3.87. The normalized spacial score (nSPS) is 16.0. The fourth-order valence-corrected chi connectivity index (χ4v) is 4.36. The van der Waals surface area contributed by atoms with Crippen LogP contribution in [0, 0.1) is 12.3 Å². The summed E-state index contributed by atoms with van der Waals surface area (Å²) in [6.07, 6.45) is 0. The number of anilines is 2. The van der Waals surface area contributed by atoms with Crippen molar-refractivity contribution in [2.45, 2.75) is 25.7 Å². The van der Waals surface area contributed by atoms with E-state index in [1.165, 1.54) is 12.0 Å². The first kappa shape index (κ1) is 20.0. The molecular weight excluding hydrogens is 380 g/mol. The lowest BCUT2D eigenvalue weighted by Gasteiger charge is -2.24. The van der Waals surface area contributed by atoms with Gasteiger partial charge in [-0.1, -0.05) is 6.07 Å². The van der Waals surface area contributed by atoms with Gasteiger partial charge in [-0.15, -0.1) is 0 Å². The molecule has 0 unspecified atom stereocenters. The summed E-state index contributed by atoms with van der Waals surface area (Å²) in [6, 6.07) is 9.80. The molecule has 1 amide bonds. The Balaban J connectivity index is 1.96. The Morgan fingerprint density at radius 3 is 2.57 bits per heavy atom. The number of rotatable bonds is 4. The summed E-state index contributed by atoms with van der Waals surface area (Å²) in [6.45, 7) is 5.63. The summed E-state index contributed by atoms with van der Waals surface area (Å²) in [7, 11) is -0.768. The molecule has 0 bridgehead atoms. The van der Waals surface area contributed by atoms with E-state index in [9.17, 15) is 13.2 Å². The molecule has 0 saturated heterocycles. The molecule has 1 aliphatic rings. The van der Waals surface area contributed by atoms with Gasteiger partial charge in [-0.05, 0) is 50.6 Å². The number of benzene rings is 2. The SMILES string of the molecule is COc1ccc(C)cc1S(=O)(=O)Nc1ccc2c(c1)OCC(C)(C)C(=O)N2C. The van der Waals surface area contributed by atoms with Crippen molar-refractivity contribution < 1.29 is 22.7 Å². The van der Waals surface area contributed by atoms with Crippen molar-refractivity contribution in [1.82, 2.24) is 0 Å². The molecule has 0 spiro atoms. The van der Waals surface area contributed by atoms with E-state index in [0.717, 1.165) is 5.56 Å². The number of nitrogens with one attached hydrogen (secondary N) is 1. The van der Waals surface area contributed by atoms with Crippen LogP contribution in [0.1, 0.15) is 19.4 Å². The molecule has 0 atom stereocenters. The Labute approximate surface area is 165 Å². The van der Waals surface area contributed by atoms with Crippen LogP contribution in [0.5, 0.6) is 11.5 Å². The maximum Gasteiger partial charge on any atom is 0.265 e. The van der Waals surface area contributed by atoms with Gasteiger partial charge in [-0.2, -0.15) is 0 Å². The second-order valence-corrected chi connectivity index (χ2v) is 9.13. The number of carbonyl (C=O) groups is 1. The van der Waals surface area contributed by atoms with Gasteiger partial charge >= 0.3 is 0 Å². The highest BCUT2D eigenvalue weighted by molar-refractivity contribution is 7.92. The lowest BCUT2D eigenvalue weighted by molar-refractivity contribution is -0.127. The second kappa shape index (κ2) is 7.01. The molecule has 0 aromatic heterocycles. The van der Waals surface area contributed by atoms with Crippen LogP contribution in [0.2, 0.25) is 0 Å². The van der Waals surface area contributed by atoms with Crippen molar-refractivity contribution in [3.8, 4) is 11.5 Å². The number of aryl methyl sites for hydroxylation is 1. The van der Waals surface area contributed by atoms with Crippen LogP contribution in [0.3, 0.4) is 0 Å². The molecule has 28 heavy (non-hydrogen) atoms. The van der Waals surface area contributed by atoms with E-state index < -0.39 is 15.4 Å². The first-order valence-corrected chi connectivity index (χ1v) is 10.3. The molecule has 1 N–H and O–H groups in total. The minimum Gasteiger partial charge on any atom is -0.495 e. The van der Waals surface area contributed by atoms with E-state index in [2.05, 4.69) is 4.72 Å². The molecule has 3 rings (SSSR count). The number of carbonyl (C=O) groups excluding carboxylic acids is 1. The van der Waals surface area contributed by atoms with Gasteiger partial charge in [-0.3, -0.25) is 9.52 Å². The van der Waals surface area contributed by atoms with Crippen molar-refractivity contribution in [1.29, 1.82) is 0 Å². The number of fused-ring (bicyclic) bond motifs is 1. The van der Waals surface area contributed by atoms with E-state index in [1.54, 1.807) is 43.4 Å². The number of hydrogen-bond acceptors (Lipinski definition) is 5. The zero-order valence-electron chi connectivity index (χ0n) is 16.6. The zero-order chi connectivity index (χ0) is 20.7. The van der Waals surface area contributed by atoms with Gasteiger partial charge in [0.2, 0.25) is 5.91 Å². The minimum absolute atomic E-state index is 0.0549. The summed E-state index contributed by atoms with van der Waals surface area (Å²) in [5.74, 6) is 0.637. The van der Waals surface area contributed by atoms with Crippen LogP contribution < -0.4 is 19.1 Å². The van der Waals surface area contributed by atoms with Gasteiger partial charge in [-0.25, -0.2) is 8.42 Å². The Morgan fingerprint density at radius 1 is 1.18 bits per heavy atom. The maximum absolute atomic E-state index is 12.9. The highest BCUT2D eigenvalue weighted by atomic mass is 32.2. The van der Waals surface area contributed by atoms with Crippen LogP contribution in [0.15, 0.2) is 41.3 Å². The Bertz CT molecular complexity index is 1030. The van der Waals surface area contributed by atoms with Gasteiger partial charge in [0, 0.05) is 13.1 Å². The number of sulfonamides is 1. The van der Waals surface area contributed by atoms with Crippen molar-refractivity contribution in [2.75, 3.05) is 30.4 Å².